The van der Waals surface area contributed by atoms with Crippen LogP contribution in [0.1, 0.15) is 47.0 Å². The summed E-state index contributed by atoms with van der Waals surface area (Å²) in [4.78, 5) is 50.1. The van der Waals surface area contributed by atoms with Gasteiger partial charge < -0.3 is 10.5 Å². The number of rotatable bonds is 5. The first kappa shape index (κ1) is 20.3. The van der Waals surface area contributed by atoms with Crippen LogP contribution in [0.15, 0.2) is 66.7 Å². The van der Waals surface area contributed by atoms with E-state index in [2.05, 4.69) is 0 Å². The molecule has 7 nitrogen and oxygen atoms in total. The van der Waals surface area contributed by atoms with Gasteiger partial charge in [0.25, 0.3) is 11.8 Å². The fraction of sp³-hybridized carbons (Fsp3) is 0.0435. The Morgan fingerprint density at radius 2 is 1.52 bits per heavy atom. The molecule has 0 saturated carbocycles. The summed E-state index contributed by atoms with van der Waals surface area (Å²) in [5, 5.41) is 0.263. The minimum Gasteiger partial charge on any atom is -0.457 e. The Balaban J connectivity index is 1.52. The first-order valence-electron chi connectivity index (χ1n) is 9.20. The van der Waals surface area contributed by atoms with Crippen LogP contribution in [0.5, 0.6) is 0 Å². The summed E-state index contributed by atoms with van der Waals surface area (Å²) in [7, 11) is 0. The molecule has 154 valence electrons. The van der Waals surface area contributed by atoms with Crippen LogP contribution in [-0.2, 0) is 11.3 Å². The van der Waals surface area contributed by atoms with Crippen LogP contribution in [0.3, 0.4) is 0 Å². The van der Waals surface area contributed by atoms with Crippen molar-refractivity contribution in [2.24, 2.45) is 5.73 Å². The fourth-order valence-electron chi connectivity index (χ4n) is 3.22. The maximum absolute atomic E-state index is 12.9. The van der Waals surface area contributed by atoms with Crippen LogP contribution in [0.4, 0.5) is 5.69 Å². The predicted octanol–water partition coefficient (Wildman–Crippen LogP) is 3.60. The number of nitrogens with two attached hydrogens (primary N) is 1. The maximum atomic E-state index is 12.9. The van der Waals surface area contributed by atoms with E-state index in [-0.39, 0.29) is 34.0 Å². The number of hydrogen-bond acceptors (Lipinski definition) is 5. The molecular weight excluding hydrogens is 420 g/mol. The molecule has 0 atom stereocenters. The third kappa shape index (κ3) is 3.78. The number of amides is 3. The fourth-order valence-corrected chi connectivity index (χ4v) is 3.44. The Bertz CT molecular complexity index is 1240. The molecule has 0 bridgehead atoms. The molecule has 2 N–H and O–H groups in total. The number of carbonyl (C=O) groups is 4. The monoisotopic (exact) mass is 434 g/mol. The number of primary amides is 1. The van der Waals surface area contributed by atoms with Crippen molar-refractivity contribution in [3.8, 4) is 0 Å². The molecule has 0 aliphatic carbocycles. The van der Waals surface area contributed by atoms with E-state index in [1.54, 1.807) is 36.4 Å². The largest absolute Gasteiger partial charge is 0.457 e. The van der Waals surface area contributed by atoms with Crippen LogP contribution in [-0.4, -0.2) is 23.7 Å². The Morgan fingerprint density at radius 1 is 0.871 bits per heavy atom. The lowest BCUT2D eigenvalue weighted by atomic mass is 10.1. The van der Waals surface area contributed by atoms with Crippen molar-refractivity contribution in [3.05, 3.63) is 99.6 Å². The van der Waals surface area contributed by atoms with Gasteiger partial charge in [-0.05, 0) is 48.0 Å². The quantitative estimate of drug-likeness (QED) is 0.487. The summed E-state index contributed by atoms with van der Waals surface area (Å²) >= 11 is 6.14. The van der Waals surface area contributed by atoms with Gasteiger partial charge in [-0.15, -0.1) is 0 Å². The first-order chi connectivity index (χ1) is 14.9. The molecule has 0 unspecified atom stereocenters. The highest BCUT2D eigenvalue weighted by molar-refractivity contribution is 6.39. The lowest BCUT2D eigenvalue weighted by Crippen LogP contribution is -2.29. The minimum atomic E-state index is -0.654. The van der Waals surface area contributed by atoms with Gasteiger partial charge in [-0.1, -0.05) is 35.9 Å². The molecule has 3 aromatic carbocycles. The van der Waals surface area contributed by atoms with Gasteiger partial charge in [0, 0.05) is 5.56 Å². The smallest absolute Gasteiger partial charge is 0.338 e. The Kier molecular flexibility index (Phi) is 5.27. The summed E-state index contributed by atoms with van der Waals surface area (Å²) in [6, 6.07) is 17.0. The Hall–Kier alpha value is -3.97. The number of esters is 1. The Labute approximate surface area is 182 Å². The molecule has 1 aliphatic heterocycles. The molecule has 0 radical (unpaired) electrons. The van der Waals surface area contributed by atoms with E-state index in [0.717, 1.165) is 4.90 Å². The normalized spacial score (nSPS) is 12.6. The van der Waals surface area contributed by atoms with Crippen LogP contribution >= 0.6 is 11.6 Å². The summed E-state index contributed by atoms with van der Waals surface area (Å²) < 4.78 is 5.28. The van der Waals surface area contributed by atoms with Gasteiger partial charge in [0.2, 0.25) is 5.91 Å². The van der Waals surface area contributed by atoms with Gasteiger partial charge in [-0.3, -0.25) is 14.4 Å². The van der Waals surface area contributed by atoms with E-state index < -0.39 is 23.7 Å². The minimum absolute atomic E-state index is 0.0341. The third-order valence-electron chi connectivity index (χ3n) is 4.82. The molecular formula is C23H15ClN2O5. The van der Waals surface area contributed by atoms with Gasteiger partial charge in [0.15, 0.2) is 0 Å². The lowest BCUT2D eigenvalue weighted by molar-refractivity contribution is 0.0472. The molecule has 31 heavy (non-hydrogen) atoms. The second-order valence-electron chi connectivity index (χ2n) is 6.79. The van der Waals surface area contributed by atoms with Gasteiger partial charge in [-0.2, -0.15) is 0 Å². The molecule has 8 heteroatoms. The summed E-state index contributed by atoms with van der Waals surface area (Å²) in [5.74, 6) is -2.28. The number of hydrogen-bond donors (Lipinski definition) is 1. The van der Waals surface area contributed by atoms with Crippen molar-refractivity contribution < 1.29 is 23.9 Å². The number of carbonyl (C=O) groups excluding carboxylic acids is 4. The average molecular weight is 435 g/mol. The number of fused-ring (bicyclic) bond motifs is 1. The number of nitrogens with zero attached hydrogens (tertiary/aromatic N) is 1. The highest BCUT2D eigenvalue weighted by Crippen LogP contribution is 2.33. The van der Waals surface area contributed by atoms with Crippen molar-refractivity contribution >= 4 is 41.0 Å². The predicted molar refractivity (Wildman–Crippen MR) is 113 cm³/mol. The number of halogens is 1. The van der Waals surface area contributed by atoms with Crippen LogP contribution < -0.4 is 10.6 Å². The van der Waals surface area contributed by atoms with E-state index in [9.17, 15) is 19.2 Å². The lowest BCUT2D eigenvalue weighted by Gasteiger charge is -2.15. The Morgan fingerprint density at radius 3 is 2.19 bits per heavy atom. The third-order valence-corrected chi connectivity index (χ3v) is 5.14. The molecule has 3 amide bonds. The molecule has 0 spiro atoms. The van der Waals surface area contributed by atoms with Crippen molar-refractivity contribution in [3.63, 3.8) is 0 Å². The van der Waals surface area contributed by atoms with Gasteiger partial charge >= 0.3 is 5.97 Å². The van der Waals surface area contributed by atoms with Gasteiger partial charge in [0.05, 0.1) is 27.4 Å². The maximum Gasteiger partial charge on any atom is 0.338 e. The molecule has 3 aromatic rings. The molecule has 1 heterocycles. The zero-order valence-corrected chi connectivity index (χ0v) is 16.8. The van der Waals surface area contributed by atoms with Crippen molar-refractivity contribution in [1.29, 1.82) is 0 Å². The molecule has 0 fully saturated rings. The van der Waals surface area contributed by atoms with Crippen LogP contribution in [0.2, 0.25) is 5.02 Å². The SMILES string of the molecule is NC(=O)c1ccc(COC(=O)c2ccc3c(c2)C(=O)N(c2ccccc2Cl)C3=O)cc1. The van der Waals surface area contributed by atoms with Crippen molar-refractivity contribution in [2.75, 3.05) is 4.90 Å². The van der Waals surface area contributed by atoms with E-state index in [0.29, 0.717) is 11.1 Å². The molecule has 4 rings (SSSR count). The van der Waals surface area contributed by atoms with Crippen molar-refractivity contribution in [1.82, 2.24) is 0 Å². The number of benzene rings is 3. The molecule has 0 saturated heterocycles. The number of para-hydroxylation sites is 1. The number of imide groups is 1. The standard InChI is InChI=1S/C23H15ClN2O5/c24-18-3-1-2-4-19(18)26-21(28)16-10-9-15(11-17(16)22(26)29)23(30)31-12-13-5-7-14(8-6-13)20(25)27/h1-11H,12H2,(H2,25,27). The summed E-state index contributed by atoms with van der Waals surface area (Å²) in [6.45, 7) is -0.0341. The zero-order valence-electron chi connectivity index (χ0n) is 16.0. The van der Waals surface area contributed by atoms with E-state index in [1.807, 2.05) is 0 Å². The highest BCUT2D eigenvalue weighted by Gasteiger charge is 2.38. The topological polar surface area (TPSA) is 107 Å². The second-order valence-corrected chi connectivity index (χ2v) is 7.20. The van der Waals surface area contributed by atoms with Crippen molar-refractivity contribution in [2.45, 2.75) is 6.61 Å². The summed E-state index contributed by atoms with van der Waals surface area (Å²) in [5.41, 5.74) is 6.90. The summed E-state index contributed by atoms with van der Waals surface area (Å²) in [6.07, 6.45) is 0. The van der Waals surface area contributed by atoms with Gasteiger partial charge in [0.1, 0.15) is 6.61 Å². The molecule has 0 aromatic heterocycles. The second kappa shape index (κ2) is 8.04. The first-order valence-corrected chi connectivity index (χ1v) is 9.58. The van der Waals surface area contributed by atoms with Crippen LogP contribution in [0.25, 0.3) is 0 Å². The van der Waals surface area contributed by atoms with Gasteiger partial charge in [-0.25, -0.2) is 9.69 Å². The zero-order chi connectivity index (χ0) is 22.1. The van der Waals surface area contributed by atoms with E-state index in [4.69, 9.17) is 22.1 Å². The average Bonchev–Trinajstić information content (AvgIpc) is 3.02. The van der Waals surface area contributed by atoms with E-state index in [1.165, 1.54) is 30.3 Å². The van der Waals surface area contributed by atoms with E-state index >= 15 is 0 Å². The number of anilines is 1. The number of ether oxygens (including phenoxy) is 1. The van der Waals surface area contributed by atoms with Crippen LogP contribution in [0, 0.1) is 0 Å². The molecule has 1 aliphatic rings. The highest BCUT2D eigenvalue weighted by atomic mass is 35.5.